The van der Waals surface area contributed by atoms with E-state index in [4.69, 9.17) is 5.73 Å². The van der Waals surface area contributed by atoms with Gasteiger partial charge in [-0.3, -0.25) is 0 Å². The van der Waals surface area contributed by atoms with Crippen molar-refractivity contribution in [2.45, 2.75) is 58.5 Å². The van der Waals surface area contributed by atoms with Crippen molar-refractivity contribution in [2.24, 2.45) is 5.73 Å². The van der Waals surface area contributed by atoms with E-state index in [-0.39, 0.29) is 0 Å². The molecule has 0 unspecified atom stereocenters. The fourth-order valence-electron chi connectivity index (χ4n) is 2.59. The van der Waals surface area contributed by atoms with Crippen LogP contribution in [0, 0.1) is 0 Å². The van der Waals surface area contributed by atoms with Gasteiger partial charge < -0.3 is 11.1 Å². The summed E-state index contributed by atoms with van der Waals surface area (Å²) in [5, 5.41) is 3.74. The van der Waals surface area contributed by atoms with Gasteiger partial charge in [0.05, 0.1) is 0 Å². The van der Waals surface area contributed by atoms with Gasteiger partial charge in [0.15, 0.2) is 0 Å². The predicted molar refractivity (Wildman–Crippen MR) is 79.6 cm³/mol. The maximum atomic E-state index is 5.77. The van der Waals surface area contributed by atoms with Gasteiger partial charge in [-0.15, -0.1) is 0 Å². The lowest BCUT2D eigenvalue weighted by molar-refractivity contribution is 0.292. The highest BCUT2D eigenvalue weighted by molar-refractivity contribution is 5.27. The van der Waals surface area contributed by atoms with Crippen molar-refractivity contribution in [1.29, 1.82) is 0 Å². The molecule has 0 bridgehead atoms. The van der Waals surface area contributed by atoms with E-state index >= 15 is 0 Å². The number of benzene rings is 1. The van der Waals surface area contributed by atoms with Gasteiger partial charge in [0.1, 0.15) is 0 Å². The van der Waals surface area contributed by atoms with E-state index in [2.05, 4.69) is 50.4 Å². The average molecular weight is 248 g/mol. The van der Waals surface area contributed by atoms with Crippen LogP contribution in [0.2, 0.25) is 0 Å². The summed E-state index contributed by atoms with van der Waals surface area (Å²) >= 11 is 0. The zero-order valence-corrected chi connectivity index (χ0v) is 12.1. The average Bonchev–Trinajstić information content (AvgIpc) is 2.44. The summed E-state index contributed by atoms with van der Waals surface area (Å²) in [6.07, 6.45) is 4.64. The Labute approximate surface area is 112 Å². The Hall–Kier alpha value is -0.860. The van der Waals surface area contributed by atoms with E-state index in [0.29, 0.717) is 12.1 Å². The summed E-state index contributed by atoms with van der Waals surface area (Å²) in [6.45, 7) is 8.48. The van der Waals surface area contributed by atoms with Crippen molar-refractivity contribution < 1.29 is 0 Å². The number of nitrogens with one attached hydrogen (secondary N) is 1. The first kappa shape index (κ1) is 15.2. The molecular weight excluding hydrogens is 220 g/mol. The van der Waals surface area contributed by atoms with Crippen LogP contribution < -0.4 is 11.1 Å². The SMILES string of the molecule is CCC(CC)(CC)NCCc1ccccc1CN. The lowest BCUT2D eigenvalue weighted by Gasteiger charge is -2.32. The molecule has 2 heteroatoms. The Kier molecular flexibility index (Phi) is 6.37. The summed E-state index contributed by atoms with van der Waals surface area (Å²) in [5.41, 5.74) is 8.74. The Morgan fingerprint density at radius 2 is 1.56 bits per heavy atom. The molecule has 0 atom stereocenters. The minimum Gasteiger partial charge on any atom is -0.326 e. The molecule has 0 aromatic heterocycles. The third kappa shape index (κ3) is 3.82. The predicted octanol–water partition coefficient (Wildman–Crippen LogP) is 3.25. The minimum absolute atomic E-state index is 0.317. The highest BCUT2D eigenvalue weighted by atomic mass is 15.0. The Morgan fingerprint density at radius 1 is 1.00 bits per heavy atom. The van der Waals surface area contributed by atoms with Crippen molar-refractivity contribution >= 4 is 0 Å². The van der Waals surface area contributed by atoms with Crippen LogP contribution in [0.25, 0.3) is 0 Å². The monoisotopic (exact) mass is 248 g/mol. The quantitative estimate of drug-likeness (QED) is 0.741. The molecule has 0 radical (unpaired) electrons. The van der Waals surface area contributed by atoms with Gasteiger partial charge >= 0.3 is 0 Å². The van der Waals surface area contributed by atoms with Crippen LogP contribution in [0.4, 0.5) is 0 Å². The molecule has 0 fully saturated rings. The second kappa shape index (κ2) is 7.55. The van der Waals surface area contributed by atoms with Crippen LogP contribution in [0.15, 0.2) is 24.3 Å². The molecule has 0 aliphatic carbocycles. The molecule has 3 N–H and O–H groups in total. The molecule has 0 saturated carbocycles. The molecule has 0 aliphatic rings. The van der Waals surface area contributed by atoms with Crippen molar-refractivity contribution in [3.8, 4) is 0 Å². The highest BCUT2D eigenvalue weighted by Gasteiger charge is 2.22. The maximum Gasteiger partial charge on any atom is 0.0180 e. The molecule has 0 amide bonds. The van der Waals surface area contributed by atoms with Gasteiger partial charge in [0.2, 0.25) is 0 Å². The first-order chi connectivity index (χ1) is 8.71. The molecule has 0 heterocycles. The van der Waals surface area contributed by atoms with Crippen LogP contribution in [-0.2, 0) is 13.0 Å². The van der Waals surface area contributed by atoms with Gasteiger partial charge in [0, 0.05) is 12.1 Å². The minimum atomic E-state index is 0.317. The maximum absolute atomic E-state index is 5.77. The number of hydrogen-bond acceptors (Lipinski definition) is 2. The van der Waals surface area contributed by atoms with E-state index in [1.54, 1.807) is 0 Å². The van der Waals surface area contributed by atoms with E-state index in [1.165, 1.54) is 30.4 Å². The van der Waals surface area contributed by atoms with Gasteiger partial charge in [-0.1, -0.05) is 45.0 Å². The largest absolute Gasteiger partial charge is 0.326 e. The third-order valence-corrected chi connectivity index (χ3v) is 4.26. The van der Waals surface area contributed by atoms with Crippen LogP contribution in [0.1, 0.15) is 51.2 Å². The number of rotatable bonds is 8. The van der Waals surface area contributed by atoms with Crippen LogP contribution in [-0.4, -0.2) is 12.1 Å². The topological polar surface area (TPSA) is 38.0 Å². The second-order valence-corrected chi connectivity index (χ2v) is 4.99. The van der Waals surface area contributed by atoms with Gasteiger partial charge in [-0.25, -0.2) is 0 Å². The van der Waals surface area contributed by atoms with E-state index in [1.807, 2.05) is 0 Å². The zero-order chi connectivity index (χ0) is 13.4. The highest BCUT2D eigenvalue weighted by Crippen LogP contribution is 2.19. The van der Waals surface area contributed by atoms with E-state index in [9.17, 15) is 0 Å². The zero-order valence-electron chi connectivity index (χ0n) is 12.1. The Bertz CT molecular complexity index is 334. The summed E-state index contributed by atoms with van der Waals surface area (Å²) in [6, 6.07) is 8.48. The standard InChI is InChI=1S/C16H28N2/c1-4-16(5-2,6-3)18-12-11-14-9-7-8-10-15(14)13-17/h7-10,18H,4-6,11-13,17H2,1-3H3. The summed E-state index contributed by atoms with van der Waals surface area (Å²) in [4.78, 5) is 0. The molecule has 102 valence electrons. The normalized spacial score (nSPS) is 11.8. The molecule has 1 rings (SSSR count). The molecule has 0 spiro atoms. The molecule has 1 aromatic rings. The molecule has 2 nitrogen and oxygen atoms in total. The van der Waals surface area contributed by atoms with Crippen LogP contribution in [0.3, 0.4) is 0 Å². The first-order valence-corrected chi connectivity index (χ1v) is 7.23. The number of nitrogens with two attached hydrogens (primary N) is 1. The molecule has 18 heavy (non-hydrogen) atoms. The smallest absolute Gasteiger partial charge is 0.0180 e. The fourth-order valence-corrected chi connectivity index (χ4v) is 2.59. The van der Waals surface area contributed by atoms with Gasteiger partial charge in [-0.05, 0) is 43.4 Å². The van der Waals surface area contributed by atoms with E-state index in [0.717, 1.165) is 13.0 Å². The fraction of sp³-hybridized carbons (Fsp3) is 0.625. The van der Waals surface area contributed by atoms with Crippen LogP contribution >= 0.6 is 0 Å². The summed E-state index contributed by atoms with van der Waals surface area (Å²) in [7, 11) is 0. The molecule has 1 aromatic carbocycles. The number of hydrogen-bond donors (Lipinski definition) is 2. The lowest BCUT2D eigenvalue weighted by atomic mass is 9.89. The summed E-state index contributed by atoms with van der Waals surface area (Å²) in [5.74, 6) is 0. The molecular formula is C16H28N2. The van der Waals surface area contributed by atoms with Gasteiger partial charge in [-0.2, -0.15) is 0 Å². The van der Waals surface area contributed by atoms with Crippen molar-refractivity contribution in [3.05, 3.63) is 35.4 Å². The molecule has 0 aliphatic heterocycles. The Morgan fingerprint density at radius 3 is 2.06 bits per heavy atom. The second-order valence-electron chi connectivity index (χ2n) is 4.99. The molecule has 0 saturated heterocycles. The van der Waals surface area contributed by atoms with Gasteiger partial charge in [0.25, 0.3) is 0 Å². The summed E-state index contributed by atoms with van der Waals surface area (Å²) < 4.78 is 0. The van der Waals surface area contributed by atoms with Crippen molar-refractivity contribution in [2.75, 3.05) is 6.54 Å². The lowest BCUT2D eigenvalue weighted by Crippen LogP contribution is -2.44. The van der Waals surface area contributed by atoms with Crippen molar-refractivity contribution in [1.82, 2.24) is 5.32 Å². The Balaban J connectivity index is 2.55. The van der Waals surface area contributed by atoms with E-state index < -0.39 is 0 Å². The van der Waals surface area contributed by atoms with Crippen LogP contribution in [0.5, 0.6) is 0 Å². The third-order valence-electron chi connectivity index (χ3n) is 4.26. The van der Waals surface area contributed by atoms with Crippen molar-refractivity contribution in [3.63, 3.8) is 0 Å². The first-order valence-electron chi connectivity index (χ1n) is 7.23.